The van der Waals surface area contributed by atoms with Gasteiger partial charge in [0.05, 0.1) is 8.07 Å². The van der Waals surface area contributed by atoms with Crippen LogP contribution >= 0.6 is 11.3 Å². The minimum absolute atomic E-state index is 0. The van der Waals surface area contributed by atoms with Crippen molar-refractivity contribution in [2.75, 3.05) is 0 Å². The van der Waals surface area contributed by atoms with E-state index in [1.54, 1.807) is 0 Å². The SMILES string of the molecule is CC(C)c1cc(-c2[c-]cccc2)ncc1[Si](C)(C)C.[Ir].[c-]1ccc2c(sc3cc(-c4ccccc4)ccc32)c1-c1cc(C2CCCCC2)ccn1. The molecule has 0 amide bonds. The van der Waals surface area contributed by atoms with Gasteiger partial charge in [0.1, 0.15) is 0 Å². The molecule has 5 heteroatoms. The van der Waals surface area contributed by atoms with E-state index < -0.39 is 8.07 Å². The number of hydrogen-bond donors (Lipinski definition) is 0. The molecule has 3 heterocycles. The van der Waals surface area contributed by atoms with Gasteiger partial charge in [-0.15, -0.1) is 59.7 Å². The smallest absolute Gasteiger partial charge is 0.0799 e. The third kappa shape index (κ3) is 8.34. The summed E-state index contributed by atoms with van der Waals surface area (Å²) in [5.74, 6) is 1.22. The molecular formula is C46H46IrN2SSi-2. The Morgan fingerprint density at radius 1 is 0.725 bits per heavy atom. The Morgan fingerprint density at radius 2 is 1.51 bits per heavy atom. The molecule has 0 aliphatic heterocycles. The van der Waals surface area contributed by atoms with Crippen molar-refractivity contribution in [2.45, 2.75) is 77.4 Å². The van der Waals surface area contributed by atoms with Crippen molar-refractivity contribution < 1.29 is 20.1 Å². The van der Waals surface area contributed by atoms with Crippen molar-refractivity contribution in [1.82, 2.24) is 9.97 Å². The van der Waals surface area contributed by atoms with Crippen LogP contribution in [-0.4, -0.2) is 18.0 Å². The molecule has 1 saturated carbocycles. The second kappa shape index (κ2) is 16.3. The van der Waals surface area contributed by atoms with Gasteiger partial charge in [0, 0.05) is 37.2 Å². The predicted molar refractivity (Wildman–Crippen MR) is 218 cm³/mol. The zero-order valence-corrected chi connectivity index (χ0v) is 34.5. The Morgan fingerprint density at radius 3 is 2.24 bits per heavy atom. The van der Waals surface area contributed by atoms with Gasteiger partial charge >= 0.3 is 0 Å². The maximum Gasteiger partial charge on any atom is 0.0799 e. The number of hydrogen-bond acceptors (Lipinski definition) is 3. The van der Waals surface area contributed by atoms with Crippen LogP contribution in [0.3, 0.4) is 0 Å². The van der Waals surface area contributed by atoms with Gasteiger partial charge in [-0.05, 0) is 74.6 Å². The Labute approximate surface area is 322 Å². The van der Waals surface area contributed by atoms with E-state index in [0.717, 1.165) is 22.5 Å². The van der Waals surface area contributed by atoms with Gasteiger partial charge in [-0.25, -0.2) is 0 Å². The van der Waals surface area contributed by atoms with Gasteiger partial charge in [0.25, 0.3) is 0 Å². The number of nitrogens with zero attached hydrogens (tertiary/aromatic N) is 2. The molecule has 1 aliphatic rings. The van der Waals surface area contributed by atoms with Crippen LogP contribution in [0.15, 0.2) is 116 Å². The number of benzene rings is 4. The molecule has 1 aliphatic carbocycles. The maximum absolute atomic E-state index is 4.77. The largest absolute Gasteiger partial charge is 0.305 e. The standard InChI is InChI=1S/C29H24NS.C17H22NSi.Ir/c1-3-8-20(9-4-1)22-14-15-24-25-12-7-13-26(29(25)31-28(24)19-22)27-18-23(16-17-30-27)21-10-5-2-6-11-21;1-13(2)15-11-16(14-9-7-6-8-10-14)18-12-17(15)19(3,4)5;/h1,3-4,7-9,12,14-19,21H,2,5-6,10-11H2;6-9,11-13H,1-5H3;/q2*-1;. The molecule has 0 atom stereocenters. The molecule has 2 nitrogen and oxygen atoms in total. The summed E-state index contributed by atoms with van der Waals surface area (Å²) in [6.45, 7) is 11.7. The van der Waals surface area contributed by atoms with Crippen LogP contribution in [0, 0.1) is 12.1 Å². The molecule has 7 aromatic rings. The Hall–Kier alpha value is -3.73. The number of thiophene rings is 1. The van der Waals surface area contributed by atoms with Gasteiger partial charge in [0.2, 0.25) is 0 Å². The van der Waals surface area contributed by atoms with Crippen molar-refractivity contribution in [3.05, 3.63) is 139 Å². The van der Waals surface area contributed by atoms with E-state index in [1.807, 2.05) is 35.7 Å². The van der Waals surface area contributed by atoms with E-state index >= 15 is 0 Å². The van der Waals surface area contributed by atoms with E-state index in [9.17, 15) is 0 Å². The number of pyridine rings is 2. The van der Waals surface area contributed by atoms with Crippen molar-refractivity contribution in [3.63, 3.8) is 0 Å². The number of rotatable bonds is 6. The second-order valence-corrected chi connectivity index (χ2v) is 21.0. The van der Waals surface area contributed by atoms with Crippen molar-refractivity contribution in [2.24, 2.45) is 0 Å². The molecule has 261 valence electrons. The van der Waals surface area contributed by atoms with Crippen LogP contribution in [-0.2, 0) is 20.1 Å². The third-order valence-electron chi connectivity index (χ3n) is 10.0. The quantitative estimate of drug-likeness (QED) is 0.123. The van der Waals surface area contributed by atoms with Gasteiger partial charge in [-0.1, -0.05) is 124 Å². The molecule has 0 bridgehead atoms. The van der Waals surface area contributed by atoms with Crippen LogP contribution < -0.4 is 5.19 Å². The van der Waals surface area contributed by atoms with Gasteiger partial charge in [-0.3, -0.25) is 0 Å². The van der Waals surface area contributed by atoms with E-state index in [0.29, 0.717) is 11.8 Å². The van der Waals surface area contributed by atoms with Gasteiger partial charge in [-0.2, -0.15) is 11.3 Å². The Balaban J connectivity index is 0.000000194. The third-order valence-corrected chi connectivity index (χ3v) is 13.2. The zero-order chi connectivity index (χ0) is 34.7. The first-order valence-electron chi connectivity index (χ1n) is 18.1. The molecular weight excluding hydrogens is 833 g/mol. The van der Waals surface area contributed by atoms with E-state index in [2.05, 4.69) is 142 Å². The minimum Gasteiger partial charge on any atom is -0.305 e. The summed E-state index contributed by atoms with van der Waals surface area (Å²) in [6, 6.07) is 43.3. The Kier molecular flexibility index (Phi) is 11.8. The van der Waals surface area contributed by atoms with Crippen LogP contribution in [0.4, 0.5) is 0 Å². The predicted octanol–water partition coefficient (Wildman–Crippen LogP) is 12.8. The first kappa shape index (κ1) is 37.0. The fraction of sp³-hybridized carbons (Fsp3) is 0.261. The summed E-state index contributed by atoms with van der Waals surface area (Å²) in [5.41, 5.74) is 9.72. The number of fused-ring (bicyclic) bond motifs is 3. The van der Waals surface area contributed by atoms with Gasteiger partial charge in [0.15, 0.2) is 0 Å². The minimum atomic E-state index is -1.34. The molecule has 3 aromatic heterocycles. The summed E-state index contributed by atoms with van der Waals surface area (Å²) in [6.07, 6.45) is 10.8. The molecule has 0 saturated heterocycles. The summed E-state index contributed by atoms with van der Waals surface area (Å²) in [4.78, 5) is 9.43. The summed E-state index contributed by atoms with van der Waals surface area (Å²) in [5, 5.41) is 4.10. The Bertz CT molecular complexity index is 2210. The number of aromatic nitrogens is 2. The molecule has 4 aromatic carbocycles. The van der Waals surface area contributed by atoms with Crippen LogP contribution in [0.2, 0.25) is 19.6 Å². The molecule has 1 fully saturated rings. The van der Waals surface area contributed by atoms with Crippen LogP contribution in [0.5, 0.6) is 0 Å². The molecule has 0 spiro atoms. The summed E-state index contributed by atoms with van der Waals surface area (Å²) in [7, 11) is -1.34. The fourth-order valence-electron chi connectivity index (χ4n) is 7.29. The fourth-order valence-corrected chi connectivity index (χ4v) is 10.2. The molecule has 1 radical (unpaired) electrons. The van der Waals surface area contributed by atoms with Crippen LogP contribution in [0.1, 0.15) is 68.9 Å². The summed E-state index contributed by atoms with van der Waals surface area (Å²) >= 11 is 1.86. The average Bonchev–Trinajstić information content (AvgIpc) is 3.54. The van der Waals surface area contributed by atoms with Crippen molar-refractivity contribution in [1.29, 1.82) is 0 Å². The van der Waals surface area contributed by atoms with Crippen molar-refractivity contribution in [3.8, 4) is 33.6 Å². The maximum atomic E-state index is 4.77. The normalized spacial score (nSPS) is 13.5. The zero-order valence-electron chi connectivity index (χ0n) is 30.3. The molecule has 8 rings (SSSR count). The van der Waals surface area contributed by atoms with Crippen molar-refractivity contribution >= 4 is 44.8 Å². The van der Waals surface area contributed by atoms with E-state index in [-0.39, 0.29) is 20.1 Å². The first-order chi connectivity index (χ1) is 24.3. The van der Waals surface area contributed by atoms with Crippen LogP contribution in [0.25, 0.3) is 53.8 Å². The topological polar surface area (TPSA) is 25.8 Å². The van der Waals surface area contributed by atoms with Gasteiger partial charge < -0.3 is 9.97 Å². The molecule has 0 unspecified atom stereocenters. The van der Waals surface area contributed by atoms with E-state index in [1.165, 1.54) is 79.7 Å². The second-order valence-electron chi connectivity index (χ2n) is 14.9. The molecule has 0 N–H and O–H groups in total. The molecule has 51 heavy (non-hydrogen) atoms. The average molecular weight is 879 g/mol. The van der Waals surface area contributed by atoms with E-state index in [4.69, 9.17) is 4.98 Å². The summed E-state index contributed by atoms with van der Waals surface area (Å²) < 4.78 is 2.61. The first-order valence-corrected chi connectivity index (χ1v) is 22.4. The monoisotopic (exact) mass is 879 g/mol.